The maximum atomic E-state index is 5.79. The van der Waals surface area contributed by atoms with E-state index in [1.54, 1.807) is 11.8 Å². The van der Waals surface area contributed by atoms with Gasteiger partial charge in [0.15, 0.2) is 0 Å². The van der Waals surface area contributed by atoms with Crippen LogP contribution < -0.4 is 15.2 Å². The highest BCUT2D eigenvalue weighted by molar-refractivity contribution is 7.98. The van der Waals surface area contributed by atoms with Gasteiger partial charge in [-0.2, -0.15) is 0 Å². The van der Waals surface area contributed by atoms with Crippen LogP contribution in [0, 0.1) is 0 Å². The van der Waals surface area contributed by atoms with E-state index in [1.807, 2.05) is 42.5 Å². The minimum Gasteiger partial charge on any atom is -0.493 e. The Bertz CT molecular complexity index is 560. The fraction of sp³-hybridized carbons (Fsp3) is 0.294. The first-order valence-corrected chi connectivity index (χ1v) is 8.23. The van der Waals surface area contributed by atoms with E-state index in [4.69, 9.17) is 15.2 Å². The van der Waals surface area contributed by atoms with Gasteiger partial charge in [-0.15, -0.1) is 11.8 Å². The summed E-state index contributed by atoms with van der Waals surface area (Å²) in [4.78, 5) is 1.16. The van der Waals surface area contributed by atoms with Crippen molar-refractivity contribution in [2.45, 2.75) is 17.9 Å². The van der Waals surface area contributed by atoms with E-state index in [9.17, 15) is 0 Å². The maximum absolute atomic E-state index is 5.79. The Labute approximate surface area is 130 Å². The molecular formula is C17H21NO2S. The first-order chi connectivity index (χ1) is 10.3. The number of hydrogen-bond acceptors (Lipinski definition) is 4. The molecule has 21 heavy (non-hydrogen) atoms. The monoisotopic (exact) mass is 303 g/mol. The fourth-order valence-electron chi connectivity index (χ4n) is 1.93. The number of rotatable bonds is 8. The zero-order valence-corrected chi connectivity index (χ0v) is 13.1. The first kappa shape index (κ1) is 15.7. The number of hydrogen-bond donors (Lipinski definition) is 1. The number of nitrogens with two attached hydrogens (primary N) is 1. The lowest BCUT2D eigenvalue weighted by Gasteiger charge is -2.10. The Balaban J connectivity index is 1.72. The molecule has 3 nitrogen and oxygen atoms in total. The summed E-state index contributed by atoms with van der Waals surface area (Å²) in [5, 5.41) is 0. The van der Waals surface area contributed by atoms with E-state index < -0.39 is 0 Å². The summed E-state index contributed by atoms with van der Waals surface area (Å²) in [6, 6.07) is 16.0. The summed E-state index contributed by atoms with van der Waals surface area (Å²) in [6.45, 7) is 1.81. The molecule has 0 unspecified atom stereocenters. The average molecular weight is 303 g/mol. The van der Waals surface area contributed by atoms with Crippen LogP contribution in [0.5, 0.6) is 11.5 Å². The third-order valence-electron chi connectivity index (χ3n) is 3.02. The Kier molecular flexibility index (Phi) is 6.44. The summed E-state index contributed by atoms with van der Waals surface area (Å²) in [6.07, 6.45) is 2.89. The van der Waals surface area contributed by atoms with Crippen molar-refractivity contribution in [1.29, 1.82) is 0 Å². The van der Waals surface area contributed by atoms with Gasteiger partial charge in [-0.3, -0.25) is 0 Å². The highest BCUT2D eigenvalue weighted by Crippen LogP contribution is 2.26. The van der Waals surface area contributed by atoms with Crippen molar-refractivity contribution in [2.75, 3.05) is 19.5 Å². The van der Waals surface area contributed by atoms with Gasteiger partial charge in [0, 0.05) is 17.9 Å². The van der Waals surface area contributed by atoms with Crippen LogP contribution in [0.1, 0.15) is 12.0 Å². The van der Waals surface area contributed by atoms with Gasteiger partial charge in [0.2, 0.25) is 0 Å². The predicted octanol–water partition coefficient (Wildman–Crippen LogP) is 3.72. The number of para-hydroxylation sites is 1. The van der Waals surface area contributed by atoms with Crippen molar-refractivity contribution in [3.8, 4) is 11.5 Å². The van der Waals surface area contributed by atoms with Gasteiger partial charge < -0.3 is 15.2 Å². The topological polar surface area (TPSA) is 44.5 Å². The van der Waals surface area contributed by atoms with E-state index in [0.29, 0.717) is 19.8 Å². The summed E-state index contributed by atoms with van der Waals surface area (Å²) in [5.41, 5.74) is 6.69. The van der Waals surface area contributed by atoms with Crippen LogP contribution in [0.2, 0.25) is 0 Å². The molecule has 0 amide bonds. The molecule has 0 fully saturated rings. The molecule has 0 saturated carbocycles. The lowest BCUT2D eigenvalue weighted by atomic mass is 10.2. The van der Waals surface area contributed by atoms with Crippen LogP contribution in [0.15, 0.2) is 53.4 Å². The van der Waals surface area contributed by atoms with Gasteiger partial charge >= 0.3 is 0 Å². The largest absolute Gasteiger partial charge is 0.493 e. The van der Waals surface area contributed by atoms with E-state index in [2.05, 4.69) is 12.3 Å². The van der Waals surface area contributed by atoms with Crippen LogP contribution >= 0.6 is 11.8 Å². The SMILES string of the molecule is CSc1ccccc1OCCCOc1cccc(CN)c1. The summed E-state index contributed by atoms with van der Waals surface area (Å²) in [7, 11) is 0. The zero-order chi connectivity index (χ0) is 14.9. The quantitative estimate of drug-likeness (QED) is 0.596. The minimum atomic E-state index is 0.534. The van der Waals surface area contributed by atoms with Crippen LogP contribution in [0.25, 0.3) is 0 Å². The highest BCUT2D eigenvalue weighted by atomic mass is 32.2. The second-order valence-electron chi connectivity index (χ2n) is 4.55. The molecule has 0 spiro atoms. The Morgan fingerprint density at radius 2 is 1.81 bits per heavy atom. The molecule has 2 N–H and O–H groups in total. The van der Waals surface area contributed by atoms with Crippen LogP contribution in [0.4, 0.5) is 0 Å². The first-order valence-electron chi connectivity index (χ1n) is 7.01. The van der Waals surface area contributed by atoms with E-state index >= 15 is 0 Å². The van der Waals surface area contributed by atoms with Crippen molar-refractivity contribution < 1.29 is 9.47 Å². The van der Waals surface area contributed by atoms with E-state index in [1.165, 1.54) is 0 Å². The summed E-state index contributed by atoms with van der Waals surface area (Å²) >= 11 is 1.69. The molecule has 0 saturated heterocycles. The van der Waals surface area contributed by atoms with E-state index in [0.717, 1.165) is 28.4 Å². The van der Waals surface area contributed by atoms with Crippen molar-refractivity contribution in [2.24, 2.45) is 5.73 Å². The van der Waals surface area contributed by atoms with Gasteiger partial charge in [-0.25, -0.2) is 0 Å². The zero-order valence-electron chi connectivity index (χ0n) is 12.2. The Morgan fingerprint density at radius 1 is 1.00 bits per heavy atom. The summed E-state index contributed by atoms with van der Waals surface area (Å²) in [5.74, 6) is 1.80. The lowest BCUT2D eigenvalue weighted by molar-refractivity contribution is 0.244. The third-order valence-corrected chi connectivity index (χ3v) is 3.80. The Hall–Kier alpha value is -1.65. The smallest absolute Gasteiger partial charge is 0.132 e. The lowest BCUT2D eigenvalue weighted by Crippen LogP contribution is -2.06. The number of benzene rings is 2. The van der Waals surface area contributed by atoms with Gasteiger partial charge in [0.05, 0.1) is 13.2 Å². The van der Waals surface area contributed by atoms with Crippen LogP contribution in [-0.2, 0) is 6.54 Å². The molecule has 0 aromatic heterocycles. The Morgan fingerprint density at radius 3 is 2.62 bits per heavy atom. The minimum absolute atomic E-state index is 0.534. The molecule has 0 bridgehead atoms. The highest BCUT2D eigenvalue weighted by Gasteiger charge is 2.01. The third kappa shape index (κ3) is 4.99. The molecule has 2 aromatic carbocycles. The predicted molar refractivity (Wildman–Crippen MR) is 88.2 cm³/mol. The van der Waals surface area contributed by atoms with Crippen molar-refractivity contribution >= 4 is 11.8 Å². The molecular weight excluding hydrogens is 282 g/mol. The normalized spacial score (nSPS) is 10.4. The van der Waals surface area contributed by atoms with Crippen molar-refractivity contribution in [1.82, 2.24) is 0 Å². The molecule has 2 rings (SSSR count). The second-order valence-corrected chi connectivity index (χ2v) is 5.40. The molecule has 0 atom stereocenters. The van der Waals surface area contributed by atoms with Crippen molar-refractivity contribution in [3.05, 3.63) is 54.1 Å². The van der Waals surface area contributed by atoms with Crippen molar-refractivity contribution in [3.63, 3.8) is 0 Å². The van der Waals surface area contributed by atoms with Crippen LogP contribution in [-0.4, -0.2) is 19.5 Å². The van der Waals surface area contributed by atoms with Gasteiger partial charge in [0.25, 0.3) is 0 Å². The molecule has 0 radical (unpaired) electrons. The van der Waals surface area contributed by atoms with Crippen LogP contribution in [0.3, 0.4) is 0 Å². The number of thioether (sulfide) groups is 1. The molecule has 0 aliphatic carbocycles. The van der Waals surface area contributed by atoms with Gasteiger partial charge in [-0.05, 0) is 36.1 Å². The molecule has 0 heterocycles. The maximum Gasteiger partial charge on any atom is 0.132 e. The summed E-state index contributed by atoms with van der Waals surface area (Å²) < 4.78 is 11.5. The van der Waals surface area contributed by atoms with Gasteiger partial charge in [-0.1, -0.05) is 24.3 Å². The molecule has 0 aliphatic heterocycles. The average Bonchev–Trinajstić information content (AvgIpc) is 2.55. The van der Waals surface area contributed by atoms with E-state index in [-0.39, 0.29) is 0 Å². The molecule has 4 heteroatoms. The number of ether oxygens (including phenoxy) is 2. The standard InChI is InChI=1S/C17H21NO2S/c1-21-17-9-3-2-8-16(17)20-11-5-10-19-15-7-4-6-14(12-15)13-18/h2-4,6-9,12H,5,10-11,13,18H2,1H3. The van der Waals surface area contributed by atoms with Gasteiger partial charge in [0.1, 0.15) is 11.5 Å². The fourth-order valence-corrected chi connectivity index (χ4v) is 2.47. The molecule has 112 valence electrons. The molecule has 0 aliphatic rings. The second kappa shape index (κ2) is 8.60. The molecule has 2 aromatic rings.